The lowest BCUT2D eigenvalue weighted by Crippen LogP contribution is -2.33. The van der Waals surface area contributed by atoms with Crippen molar-refractivity contribution in [1.29, 1.82) is 0 Å². The van der Waals surface area contributed by atoms with Crippen LogP contribution in [0.15, 0.2) is 0 Å². The Morgan fingerprint density at radius 1 is 1.67 bits per heavy atom. The largest absolute Gasteiger partial charge is 0.343 e. The number of terminal acetylenes is 1. The van der Waals surface area contributed by atoms with Gasteiger partial charge in [-0.1, -0.05) is 12.8 Å². The highest BCUT2D eigenvalue weighted by Crippen LogP contribution is 1.98. The first-order chi connectivity index (χ1) is 5.60. The van der Waals surface area contributed by atoms with E-state index in [4.69, 9.17) is 12.2 Å². The number of nitrogens with two attached hydrogens (primary N) is 1. The molecule has 0 saturated heterocycles. The third-order valence-corrected chi connectivity index (χ3v) is 1.56. The van der Waals surface area contributed by atoms with Gasteiger partial charge in [0, 0.05) is 6.42 Å². The molecular formula is C9H16N2O. The maximum atomic E-state index is 11.1. The van der Waals surface area contributed by atoms with E-state index in [0.717, 1.165) is 0 Å². The van der Waals surface area contributed by atoms with Crippen molar-refractivity contribution in [3.8, 4) is 12.3 Å². The second-order valence-corrected chi connectivity index (χ2v) is 3.00. The maximum absolute atomic E-state index is 11.1. The van der Waals surface area contributed by atoms with Gasteiger partial charge in [-0.15, -0.1) is 6.42 Å². The van der Waals surface area contributed by atoms with Gasteiger partial charge in [-0.3, -0.25) is 4.79 Å². The zero-order chi connectivity index (χ0) is 9.56. The molecule has 0 aliphatic rings. The van der Waals surface area contributed by atoms with Crippen LogP contribution in [-0.4, -0.2) is 18.5 Å². The van der Waals surface area contributed by atoms with Crippen molar-refractivity contribution >= 4 is 5.91 Å². The van der Waals surface area contributed by atoms with Crippen LogP contribution in [0.5, 0.6) is 0 Å². The summed E-state index contributed by atoms with van der Waals surface area (Å²) in [5, 5.41) is 2.66. The van der Waals surface area contributed by atoms with Crippen LogP contribution in [0.25, 0.3) is 0 Å². The Labute approximate surface area is 73.7 Å². The number of hydrogen-bond acceptors (Lipinski definition) is 2. The fourth-order valence-corrected chi connectivity index (χ4v) is 0.742. The summed E-state index contributed by atoms with van der Waals surface area (Å²) in [5.41, 5.74) is 5.36. The van der Waals surface area contributed by atoms with E-state index in [0.29, 0.717) is 13.0 Å². The fraction of sp³-hybridized carbons (Fsp3) is 0.667. The molecule has 68 valence electrons. The van der Waals surface area contributed by atoms with E-state index in [-0.39, 0.29) is 17.9 Å². The molecule has 1 amide bonds. The molecule has 0 bridgehead atoms. The van der Waals surface area contributed by atoms with E-state index in [1.54, 1.807) is 6.92 Å². The summed E-state index contributed by atoms with van der Waals surface area (Å²) in [7, 11) is 0. The summed E-state index contributed by atoms with van der Waals surface area (Å²) < 4.78 is 0. The lowest BCUT2D eigenvalue weighted by molar-refractivity contribution is -0.122. The van der Waals surface area contributed by atoms with Crippen LogP contribution in [0.1, 0.15) is 20.3 Å². The van der Waals surface area contributed by atoms with Gasteiger partial charge < -0.3 is 11.1 Å². The van der Waals surface area contributed by atoms with Gasteiger partial charge in [0.05, 0.1) is 6.04 Å². The van der Waals surface area contributed by atoms with Crippen LogP contribution in [0.2, 0.25) is 0 Å². The van der Waals surface area contributed by atoms with Gasteiger partial charge in [0.1, 0.15) is 0 Å². The van der Waals surface area contributed by atoms with Gasteiger partial charge in [-0.05, 0) is 19.4 Å². The first-order valence-corrected chi connectivity index (χ1v) is 4.05. The Balaban J connectivity index is 3.68. The summed E-state index contributed by atoms with van der Waals surface area (Å²) in [6.45, 7) is 4.23. The monoisotopic (exact) mass is 168 g/mol. The molecule has 12 heavy (non-hydrogen) atoms. The van der Waals surface area contributed by atoms with Gasteiger partial charge in [0.2, 0.25) is 5.91 Å². The molecule has 3 heteroatoms. The van der Waals surface area contributed by atoms with E-state index in [9.17, 15) is 4.79 Å². The zero-order valence-corrected chi connectivity index (χ0v) is 7.63. The molecule has 2 unspecified atom stereocenters. The summed E-state index contributed by atoms with van der Waals surface area (Å²) in [5.74, 6) is 2.61. The highest BCUT2D eigenvalue weighted by Gasteiger charge is 2.08. The molecule has 0 rings (SSSR count). The van der Waals surface area contributed by atoms with Gasteiger partial charge in [-0.2, -0.15) is 0 Å². The Bertz CT molecular complexity index is 183. The normalized spacial score (nSPS) is 14.5. The average molecular weight is 168 g/mol. The summed E-state index contributed by atoms with van der Waals surface area (Å²) >= 11 is 0. The van der Waals surface area contributed by atoms with Gasteiger partial charge in [-0.25, -0.2) is 0 Å². The highest BCUT2D eigenvalue weighted by molar-refractivity contribution is 5.76. The molecule has 0 aromatic heterocycles. The molecule has 0 aliphatic carbocycles. The predicted octanol–water partition coefficient (Wildman–Crippen LogP) is 0.109. The molecule has 0 spiro atoms. The second-order valence-electron chi connectivity index (χ2n) is 3.00. The molecule has 3 N–H and O–H groups in total. The van der Waals surface area contributed by atoms with Crippen molar-refractivity contribution in [2.24, 2.45) is 11.7 Å². The lowest BCUT2D eigenvalue weighted by Gasteiger charge is -2.10. The number of hydrogen-bond donors (Lipinski definition) is 2. The number of nitrogens with one attached hydrogen (secondary N) is 1. The molecule has 0 aromatic rings. The van der Waals surface area contributed by atoms with E-state index in [1.807, 2.05) is 6.92 Å². The number of rotatable bonds is 4. The zero-order valence-electron chi connectivity index (χ0n) is 7.63. The Morgan fingerprint density at radius 2 is 2.25 bits per heavy atom. The third-order valence-electron chi connectivity index (χ3n) is 1.56. The maximum Gasteiger partial charge on any atom is 0.221 e. The Hall–Kier alpha value is -1.01. The SMILES string of the molecule is C#CC(C)NC(=O)CC(C)CN. The summed E-state index contributed by atoms with van der Waals surface area (Å²) in [6.07, 6.45) is 5.54. The molecule has 2 atom stereocenters. The predicted molar refractivity (Wildman–Crippen MR) is 49.3 cm³/mol. The van der Waals surface area contributed by atoms with Crippen LogP contribution in [0.3, 0.4) is 0 Å². The van der Waals surface area contributed by atoms with Gasteiger partial charge in [0.25, 0.3) is 0 Å². The van der Waals surface area contributed by atoms with E-state index in [1.165, 1.54) is 0 Å². The third kappa shape index (κ3) is 4.75. The molecule has 0 radical (unpaired) electrons. The van der Waals surface area contributed by atoms with Crippen molar-refractivity contribution in [3.05, 3.63) is 0 Å². The topological polar surface area (TPSA) is 55.1 Å². The first-order valence-electron chi connectivity index (χ1n) is 4.05. The van der Waals surface area contributed by atoms with Crippen LogP contribution in [-0.2, 0) is 4.79 Å². The molecule has 3 nitrogen and oxygen atoms in total. The number of carbonyl (C=O) groups is 1. The highest BCUT2D eigenvalue weighted by atomic mass is 16.1. The second kappa shape index (κ2) is 5.62. The van der Waals surface area contributed by atoms with E-state index in [2.05, 4.69) is 11.2 Å². The molecule has 0 heterocycles. The van der Waals surface area contributed by atoms with Gasteiger partial charge >= 0.3 is 0 Å². The van der Waals surface area contributed by atoms with Crippen molar-refractivity contribution in [3.63, 3.8) is 0 Å². The van der Waals surface area contributed by atoms with Crippen LogP contribution < -0.4 is 11.1 Å². The minimum atomic E-state index is -0.192. The smallest absolute Gasteiger partial charge is 0.221 e. The van der Waals surface area contributed by atoms with E-state index < -0.39 is 0 Å². The van der Waals surface area contributed by atoms with Crippen molar-refractivity contribution in [1.82, 2.24) is 5.32 Å². The van der Waals surface area contributed by atoms with Crippen molar-refractivity contribution in [2.75, 3.05) is 6.54 Å². The minimum Gasteiger partial charge on any atom is -0.343 e. The Morgan fingerprint density at radius 3 is 2.67 bits per heavy atom. The molecule has 0 saturated carbocycles. The fourth-order valence-electron chi connectivity index (χ4n) is 0.742. The quantitative estimate of drug-likeness (QED) is 0.585. The average Bonchev–Trinajstić information content (AvgIpc) is 2.03. The van der Waals surface area contributed by atoms with E-state index >= 15 is 0 Å². The van der Waals surface area contributed by atoms with Crippen LogP contribution in [0, 0.1) is 18.3 Å². The number of amides is 1. The molecular weight excluding hydrogens is 152 g/mol. The molecule has 0 aliphatic heterocycles. The standard InChI is InChI=1S/C9H16N2O/c1-4-8(3)11-9(12)5-7(2)6-10/h1,7-8H,5-6,10H2,2-3H3,(H,11,12). The van der Waals surface area contributed by atoms with Crippen LogP contribution >= 0.6 is 0 Å². The lowest BCUT2D eigenvalue weighted by atomic mass is 10.1. The molecule has 0 fully saturated rings. The summed E-state index contributed by atoms with van der Waals surface area (Å²) in [6, 6.07) is -0.192. The molecule has 0 aromatic carbocycles. The van der Waals surface area contributed by atoms with Crippen LogP contribution in [0.4, 0.5) is 0 Å². The number of carbonyl (C=O) groups excluding carboxylic acids is 1. The van der Waals surface area contributed by atoms with Crippen molar-refractivity contribution in [2.45, 2.75) is 26.3 Å². The summed E-state index contributed by atoms with van der Waals surface area (Å²) in [4.78, 5) is 11.1. The Kier molecular flexibility index (Phi) is 5.14. The minimum absolute atomic E-state index is 0.0293. The first kappa shape index (κ1) is 11.0. The van der Waals surface area contributed by atoms with Gasteiger partial charge in [0.15, 0.2) is 0 Å². The van der Waals surface area contributed by atoms with Crippen molar-refractivity contribution < 1.29 is 4.79 Å².